The van der Waals surface area contributed by atoms with Crippen molar-refractivity contribution in [2.24, 2.45) is 12.8 Å². The number of benzene rings is 1. The second-order valence-electron chi connectivity index (χ2n) is 4.77. The van der Waals surface area contributed by atoms with E-state index in [-0.39, 0.29) is 0 Å². The number of nitrogens with zero attached hydrogens (tertiary/aromatic N) is 2. The van der Waals surface area contributed by atoms with Crippen LogP contribution in [0.25, 0.3) is 22.0 Å². The van der Waals surface area contributed by atoms with E-state index in [1.165, 1.54) is 27.6 Å². The van der Waals surface area contributed by atoms with Gasteiger partial charge < -0.3 is 10.3 Å². The van der Waals surface area contributed by atoms with Gasteiger partial charge in [0.05, 0.1) is 0 Å². The van der Waals surface area contributed by atoms with Crippen molar-refractivity contribution in [3.05, 3.63) is 54.5 Å². The predicted molar refractivity (Wildman–Crippen MR) is 78.9 cm³/mol. The Morgan fingerprint density at radius 1 is 1.11 bits per heavy atom. The maximum absolute atomic E-state index is 5.67. The fraction of sp³-hybridized carbons (Fsp3) is 0.188. The number of hydrogen-bond donors (Lipinski definition) is 1. The summed E-state index contributed by atoms with van der Waals surface area (Å²) in [5.74, 6) is 0. The van der Waals surface area contributed by atoms with Crippen LogP contribution in [0.1, 0.15) is 5.56 Å². The minimum Gasteiger partial charge on any atom is -0.350 e. The first kappa shape index (κ1) is 11.9. The molecule has 2 aromatic heterocycles. The topological polar surface area (TPSA) is 43.8 Å². The van der Waals surface area contributed by atoms with Crippen molar-refractivity contribution in [2.45, 2.75) is 6.42 Å². The molecular formula is C16H17N3. The van der Waals surface area contributed by atoms with Gasteiger partial charge in [-0.25, -0.2) is 0 Å². The smallest absolute Gasteiger partial charge is 0.0486 e. The van der Waals surface area contributed by atoms with Crippen LogP contribution in [0.4, 0.5) is 0 Å². The van der Waals surface area contributed by atoms with Gasteiger partial charge in [0.1, 0.15) is 0 Å². The molecule has 0 aliphatic rings. The van der Waals surface area contributed by atoms with Crippen LogP contribution in [0.2, 0.25) is 0 Å². The van der Waals surface area contributed by atoms with Crippen LogP contribution < -0.4 is 5.73 Å². The van der Waals surface area contributed by atoms with E-state index in [9.17, 15) is 0 Å². The summed E-state index contributed by atoms with van der Waals surface area (Å²) >= 11 is 0. The molecule has 0 bridgehead atoms. The van der Waals surface area contributed by atoms with Gasteiger partial charge in [0.15, 0.2) is 0 Å². The first-order valence-corrected chi connectivity index (χ1v) is 6.48. The Morgan fingerprint density at radius 3 is 2.63 bits per heavy atom. The van der Waals surface area contributed by atoms with Gasteiger partial charge in [0, 0.05) is 36.5 Å². The maximum atomic E-state index is 5.67. The zero-order chi connectivity index (χ0) is 13.2. The monoisotopic (exact) mass is 251 g/mol. The summed E-state index contributed by atoms with van der Waals surface area (Å²) in [6, 6.07) is 10.6. The Morgan fingerprint density at radius 2 is 1.89 bits per heavy atom. The van der Waals surface area contributed by atoms with Crippen molar-refractivity contribution < 1.29 is 0 Å². The van der Waals surface area contributed by atoms with Gasteiger partial charge in [-0.1, -0.05) is 12.1 Å². The third-order valence-corrected chi connectivity index (χ3v) is 3.50. The Labute approximate surface area is 112 Å². The highest BCUT2D eigenvalue weighted by atomic mass is 14.9. The van der Waals surface area contributed by atoms with Crippen LogP contribution in [-0.2, 0) is 13.5 Å². The van der Waals surface area contributed by atoms with Crippen molar-refractivity contribution >= 4 is 10.9 Å². The Hall–Kier alpha value is -2.13. The summed E-state index contributed by atoms with van der Waals surface area (Å²) in [5.41, 5.74) is 10.6. The zero-order valence-electron chi connectivity index (χ0n) is 11.0. The van der Waals surface area contributed by atoms with Gasteiger partial charge in [-0.2, -0.15) is 0 Å². The summed E-state index contributed by atoms with van der Waals surface area (Å²) in [7, 11) is 2.08. The third kappa shape index (κ3) is 2.13. The molecule has 0 aliphatic carbocycles. The summed E-state index contributed by atoms with van der Waals surface area (Å²) in [4.78, 5) is 4.06. The van der Waals surface area contributed by atoms with Crippen molar-refractivity contribution in [2.75, 3.05) is 6.54 Å². The van der Waals surface area contributed by atoms with Crippen molar-refractivity contribution in [3.63, 3.8) is 0 Å². The van der Waals surface area contributed by atoms with Gasteiger partial charge in [0.25, 0.3) is 0 Å². The lowest BCUT2D eigenvalue weighted by molar-refractivity contribution is 0.929. The molecule has 0 saturated carbocycles. The molecule has 0 spiro atoms. The van der Waals surface area contributed by atoms with Gasteiger partial charge >= 0.3 is 0 Å². The maximum Gasteiger partial charge on any atom is 0.0486 e. The molecule has 2 heterocycles. The van der Waals surface area contributed by atoms with Crippen LogP contribution in [0.3, 0.4) is 0 Å². The highest BCUT2D eigenvalue weighted by Crippen LogP contribution is 2.27. The highest BCUT2D eigenvalue weighted by molar-refractivity contribution is 5.88. The van der Waals surface area contributed by atoms with Crippen LogP contribution in [0, 0.1) is 0 Å². The molecule has 2 N–H and O–H groups in total. The molecule has 0 amide bonds. The molecule has 96 valence electrons. The van der Waals surface area contributed by atoms with Crippen molar-refractivity contribution in [1.82, 2.24) is 9.55 Å². The van der Waals surface area contributed by atoms with Gasteiger partial charge in [-0.3, -0.25) is 4.98 Å². The van der Waals surface area contributed by atoms with Gasteiger partial charge in [-0.15, -0.1) is 0 Å². The fourth-order valence-electron chi connectivity index (χ4n) is 2.55. The Kier molecular flexibility index (Phi) is 3.05. The molecule has 0 radical (unpaired) electrons. The summed E-state index contributed by atoms with van der Waals surface area (Å²) < 4.78 is 2.17. The lowest BCUT2D eigenvalue weighted by atomic mass is 10.0. The molecule has 3 heteroatoms. The molecular weight excluding hydrogens is 234 g/mol. The molecule has 3 aromatic rings. The fourth-order valence-corrected chi connectivity index (χ4v) is 2.55. The SMILES string of the molecule is Cn1cc(CCN)c2ccc(-c3ccncc3)cc21. The summed E-state index contributed by atoms with van der Waals surface area (Å²) in [5, 5.41) is 1.30. The van der Waals surface area contributed by atoms with E-state index < -0.39 is 0 Å². The predicted octanol–water partition coefficient (Wildman–Crippen LogP) is 2.74. The number of aryl methyl sites for hydroxylation is 1. The molecule has 0 unspecified atom stereocenters. The minimum atomic E-state index is 0.686. The third-order valence-electron chi connectivity index (χ3n) is 3.50. The van der Waals surface area contributed by atoms with E-state index in [1.54, 1.807) is 0 Å². The molecule has 3 rings (SSSR count). The zero-order valence-corrected chi connectivity index (χ0v) is 11.0. The standard InChI is InChI=1S/C16H17N3/c1-19-11-14(4-7-17)15-3-2-13(10-16(15)19)12-5-8-18-9-6-12/h2-3,5-6,8-11H,4,7,17H2,1H3. The number of rotatable bonds is 3. The van der Waals surface area contributed by atoms with E-state index in [2.05, 4.69) is 41.0 Å². The Bertz CT molecular complexity index is 699. The quantitative estimate of drug-likeness (QED) is 0.778. The van der Waals surface area contributed by atoms with Gasteiger partial charge in [-0.05, 0) is 47.9 Å². The Balaban J connectivity index is 2.14. The van der Waals surface area contributed by atoms with Crippen LogP contribution >= 0.6 is 0 Å². The second-order valence-corrected chi connectivity index (χ2v) is 4.77. The summed E-state index contributed by atoms with van der Waals surface area (Å²) in [6.45, 7) is 0.686. The molecule has 0 saturated heterocycles. The first-order valence-electron chi connectivity index (χ1n) is 6.48. The second kappa shape index (κ2) is 4.86. The number of nitrogens with two attached hydrogens (primary N) is 1. The van der Waals surface area contributed by atoms with Crippen LogP contribution in [0.5, 0.6) is 0 Å². The molecule has 0 atom stereocenters. The van der Waals surface area contributed by atoms with Gasteiger partial charge in [0.2, 0.25) is 0 Å². The molecule has 19 heavy (non-hydrogen) atoms. The number of fused-ring (bicyclic) bond motifs is 1. The van der Waals surface area contributed by atoms with Crippen molar-refractivity contribution in [3.8, 4) is 11.1 Å². The van der Waals surface area contributed by atoms with E-state index in [1.807, 2.05) is 24.5 Å². The van der Waals surface area contributed by atoms with E-state index in [0.717, 1.165) is 6.42 Å². The number of pyridine rings is 1. The van der Waals surface area contributed by atoms with Crippen molar-refractivity contribution in [1.29, 1.82) is 0 Å². The van der Waals surface area contributed by atoms with E-state index in [0.29, 0.717) is 6.54 Å². The molecule has 3 nitrogen and oxygen atoms in total. The van der Waals surface area contributed by atoms with E-state index in [4.69, 9.17) is 5.73 Å². The van der Waals surface area contributed by atoms with Crippen LogP contribution in [0.15, 0.2) is 48.9 Å². The lowest BCUT2D eigenvalue weighted by Gasteiger charge is -2.03. The average molecular weight is 251 g/mol. The molecule has 1 aromatic carbocycles. The summed E-state index contributed by atoms with van der Waals surface area (Å²) in [6.07, 6.45) is 6.74. The average Bonchev–Trinajstić information content (AvgIpc) is 2.77. The normalized spacial score (nSPS) is 11.1. The largest absolute Gasteiger partial charge is 0.350 e. The minimum absolute atomic E-state index is 0.686. The molecule has 0 fully saturated rings. The first-order chi connectivity index (χ1) is 9.29. The molecule has 0 aliphatic heterocycles. The number of hydrogen-bond acceptors (Lipinski definition) is 2. The lowest BCUT2D eigenvalue weighted by Crippen LogP contribution is -2.01. The van der Waals surface area contributed by atoms with E-state index >= 15 is 0 Å². The number of aromatic nitrogens is 2. The van der Waals surface area contributed by atoms with Crippen LogP contribution in [-0.4, -0.2) is 16.1 Å². The highest BCUT2D eigenvalue weighted by Gasteiger charge is 2.07.